The molecule has 2 aromatic rings. The van der Waals surface area contributed by atoms with Gasteiger partial charge in [0.15, 0.2) is 0 Å². The van der Waals surface area contributed by atoms with Gasteiger partial charge in [0.1, 0.15) is 5.75 Å². The van der Waals surface area contributed by atoms with E-state index in [-0.39, 0.29) is 6.04 Å². The van der Waals surface area contributed by atoms with E-state index in [1.54, 1.807) is 7.11 Å². The van der Waals surface area contributed by atoms with Gasteiger partial charge < -0.3 is 10.1 Å². The van der Waals surface area contributed by atoms with Gasteiger partial charge in [-0.25, -0.2) is 0 Å². The molecule has 1 unspecified atom stereocenters. The second-order valence-electron chi connectivity index (χ2n) is 4.69. The van der Waals surface area contributed by atoms with Crippen molar-refractivity contribution in [2.75, 3.05) is 12.4 Å². The molecule has 3 nitrogen and oxygen atoms in total. The summed E-state index contributed by atoms with van der Waals surface area (Å²) in [6.45, 7) is 3.81. The first-order valence-electron chi connectivity index (χ1n) is 6.85. The maximum absolute atomic E-state index is 5.19. The number of benzene rings is 1. The van der Waals surface area contributed by atoms with E-state index in [9.17, 15) is 0 Å². The van der Waals surface area contributed by atoms with E-state index in [0.29, 0.717) is 0 Å². The molecule has 0 bridgehead atoms. The number of allylic oxidation sites excluding steroid dienone is 1. The van der Waals surface area contributed by atoms with Crippen LogP contribution in [0, 0.1) is 0 Å². The fraction of sp³-hybridized carbons (Fsp3) is 0.235. The van der Waals surface area contributed by atoms with Crippen LogP contribution in [0.5, 0.6) is 5.75 Å². The van der Waals surface area contributed by atoms with Gasteiger partial charge in [-0.15, -0.1) is 6.58 Å². The van der Waals surface area contributed by atoms with E-state index in [1.165, 1.54) is 5.56 Å². The molecular weight excluding hydrogens is 328 g/mol. The zero-order valence-electron chi connectivity index (χ0n) is 12.1. The fourth-order valence-corrected chi connectivity index (χ4v) is 2.67. The van der Waals surface area contributed by atoms with Crippen molar-refractivity contribution in [3.63, 3.8) is 0 Å². The van der Waals surface area contributed by atoms with Gasteiger partial charge in [-0.05, 0) is 64.7 Å². The first-order chi connectivity index (χ1) is 10.2. The van der Waals surface area contributed by atoms with E-state index in [0.717, 1.165) is 28.8 Å². The molecule has 1 N–H and O–H groups in total. The summed E-state index contributed by atoms with van der Waals surface area (Å²) < 4.78 is 6.20. The van der Waals surface area contributed by atoms with Gasteiger partial charge in [0.25, 0.3) is 0 Å². The van der Waals surface area contributed by atoms with Gasteiger partial charge in [0.05, 0.1) is 13.2 Å². The van der Waals surface area contributed by atoms with Crippen LogP contribution in [0.15, 0.2) is 59.9 Å². The minimum atomic E-state index is 0.203. The van der Waals surface area contributed by atoms with E-state index in [1.807, 2.05) is 48.8 Å². The van der Waals surface area contributed by atoms with Crippen molar-refractivity contribution in [3.05, 3.63) is 65.4 Å². The molecule has 1 atom stereocenters. The molecule has 4 heteroatoms. The summed E-state index contributed by atoms with van der Waals surface area (Å²) in [5, 5.41) is 3.56. The van der Waals surface area contributed by atoms with E-state index >= 15 is 0 Å². The second-order valence-corrected chi connectivity index (χ2v) is 5.54. The molecule has 0 saturated carbocycles. The van der Waals surface area contributed by atoms with Gasteiger partial charge in [-0.3, -0.25) is 4.98 Å². The quantitative estimate of drug-likeness (QED) is 0.718. The van der Waals surface area contributed by atoms with Crippen LogP contribution in [-0.4, -0.2) is 12.1 Å². The topological polar surface area (TPSA) is 34.1 Å². The highest BCUT2D eigenvalue weighted by Crippen LogP contribution is 2.29. The van der Waals surface area contributed by atoms with Crippen LogP contribution in [0.2, 0.25) is 0 Å². The van der Waals surface area contributed by atoms with Crippen molar-refractivity contribution < 1.29 is 4.74 Å². The molecule has 21 heavy (non-hydrogen) atoms. The number of hydrogen-bond donors (Lipinski definition) is 1. The second kappa shape index (κ2) is 7.84. The SMILES string of the molecule is C=CCCC(Nc1ccc(OC)cc1)c1ccncc1Br. The molecule has 0 radical (unpaired) electrons. The normalized spacial score (nSPS) is 11.7. The number of ether oxygens (including phenoxy) is 1. The minimum Gasteiger partial charge on any atom is -0.497 e. The van der Waals surface area contributed by atoms with Crippen molar-refractivity contribution in [1.82, 2.24) is 4.98 Å². The maximum atomic E-state index is 5.19. The summed E-state index contributed by atoms with van der Waals surface area (Å²) in [6, 6.07) is 10.2. The minimum absolute atomic E-state index is 0.203. The van der Waals surface area contributed by atoms with E-state index in [4.69, 9.17) is 4.74 Å². The molecule has 0 saturated heterocycles. The first-order valence-corrected chi connectivity index (χ1v) is 7.64. The van der Waals surface area contributed by atoms with Crippen LogP contribution in [0.25, 0.3) is 0 Å². The molecule has 0 aliphatic heterocycles. The molecule has 0 aliphatic rings. The van der Waals surface area contributed by atoms with Crippen LogP contribution in [-0.2, 0) is 0 Å². The molecule has 110 valence electrons. The van der Waals surface area contributed by atoms with Gasteiger partial charge in [0.2, 0.25) is 0 Å². The predicted octanol–water partition coefficient (Wildman–Crippen LogP) is 4.97. The highest BCUT2D eigenvalue weighted by atomic mass is 79.9. The summed E-state index contributed by atoms with van der Waals surface area (Å²) in [7, 11) is 1.67. The lowest BCUT2D eigenvalue weighted by Gasteiger charge is -2.21. The number of pyridine rings is 1. The van der Waals surface area contributed by atoms with E-state index < -0.39 is 0 Å². The van der Waals surface area contributed by atoms with Crippen molar-refractivity contribution >= 4 is 21.6 Å². The summed E-state index contributed by atoms with van der Waals surface area (Å²) >= 11 is 3.58. The lowest BCUT2D eigenvalue weighted by molar-refractivity contribution is 0.415. The predicted molar refractivity (Wildman–Crippen MR) is 90.7 cm³/mol. The third kappa shape index (κ3) is 4.33. The van der Waals surface area contributed by atoms with Crippen LogP contribution in [0.1, 0.15) is 24.4 Å². The largest absolute Gasteiger partial charge is 0.497 e. The zero-order chi connectivity index (χ0) is 15.1. The number of halogens is 1. The average Bonchev–Trinajstić information content (AvgIpc) is 2.53. The molecule has 2 rings (SSSR count). The number of nitrogens with one attached hydrogen (secondary N) is 1. The molecule has 1 aromatic carbocycles. The van der Waals surface area contributed by atoms with Crippen molar-refractivity contribution in [1.29, 1.82) is 0 Å². The summed E-state index contributed by atoms with van der Waals surface area (Å²) in [4.78, 5) is 4.13. The number of anilines is 1. The Labute approximate surface area is 134 Å². The Hall–Kier alpha value is -1.81. The van der Waals surface area contributed by atoms with Gasteiger partial charge in [-0.1, -0.05) is 6.08 Å². The third-order valence-corrected chi connectivity index (χ3v) is 3.93. The van der Waals surface area contributed by atoms with Gasteiger partial charge in [-0.2, -0.15) is 0 Å². The summed E-state index contributed by atoms with van der Waals surface area (Å²) in [5.41, 5.74) is 2.26. The molecule has 1 heterocycles. The number of methoxy groups -OCH3 is 1. The molecular formula is C17H19BrN2O. The monoisotopic (exact) mass is 346 g/mol. The first kappa shape index (κ1) is 15.6. The van der Waals surface area contributed by atoms with Gasteiger partial charge in [0, 0.05) is 22.6 Å². The molecule has 1 aromatic heterocycles. The Balaban J connectivity index is 2.19. The van der Waals surface area contributed by atoms with Crippen molar-refractivity contribution in [3.8, 4) is 5.75 Å². The summed E-state index contributed by atoms with van der Waals surface area (Å²) in [5.74, 6) is 0.855. The number of aromatic nitrogens is 1. The highest BCUT2D eigenvalue weighted by Gasteiger charge is 2.13. The fourth-order valence-electron chi connectivity index (χ4n) is 2.15. The zero-order valence-corrected chi connectivity index (χ0v) is 13.6. The Bertz CT molecular complexity index is 584. The number of nitrogens with zero attached hydrogens (tertiary/aromatic N) is 1. The Morgan fingerprint density at radius 3 is 2.71 bits per heavy atom. The van der Waals surface area contributed by atoms with E-state index in [2.05, 4.69) is 32.8 Å². The number of rotatable bonds is 7. The molecule has 0 aliphatic carbocycles. The Morgan fingerprint density at radius 2 is 2.10 bits per heavy atom. The Kier molecular flexibility index (Phi) is 5.81. The standard InChI is InChI=1S/C17H19BrN2O/c1-3-4-5-17(15-10-11-19-12-16(15)18)20-13-6-8-14(21-2)9-7-13/h3,6-12,17,20H,1,4-5H2,2H3. The van der Waals surface area contributed by atoms with Crippen molar-refractivity contribution in [2.45, 2.75) is 18.9 Å². The molecule has 0 amide bonds. The maximum Gasteiger partial charge on any atom is 0.119 e. The van der Waals surface area contributed by atoms with Crippen LogP contribution >= 0.6 is 15.9 Å². The lowest BCUT2D eigenvalue weighted by atomic mass is 10.0. The van der Waals surface area contributed by atoms with Crippen LogP contribution in [0.3, 0.4) is 0 Å². The Morgan fingerprint density at radius 1 is 1.33 bits per heavy atom. The van der Waals surface area contributed by atoms with Gasteiger partial charge >= 0.3 is 0 Å². The average molecular weight is 347 g/mol. The summed E-state index contributed by atoms with van der Waals surface area (Å²) in [6.07, 6.45) is 7.50. The molecule has 0 spiro atoms. The third-order valence-electron chi connectivity index (χ3n) is 3.27. The van der Waals surface area contributed by atoms with Crippen molar-refractivity contribution in [2.24, 2.45) is 0 Å². The molecule has 0 fully saturated rings. The lowest BCUT2D eigenvalue weighted by Crippen LogP contribution is -2.11. The highest BCUT2D eigenvalue weighted by molar-refractivity contribution is 9.10. The number of hydrogen-bond acceptors (Lipinski definition) is 3. The smallest absolute Gasteiger partial charge is 0.119 e. The van der Waals surface area contributed by atoms with Crippen LogP contribution in [0.4, 0.5) is 5.69 Å². The van der Waals surface area contributed by atoms with Crippen LogP contribution < -0.4 is 10.1 Å².